The molecule has 18 heavy (non-hydrogen) atoms. The van der Waals surface area contributed by atoms with Gasteiger partial charge >= 0.3 is 0 Å². The van der Waals surface area contributed by atoms with Crippen molar-refractivity contribution in [2.75, 3.05) is 32.1 Å². The predicted octanol–water partition coefficient (Wildman–Crippen LogP) is -0.0887. The Morgan fingerprint density at radius 3 is 2.50 bits per heavy atom. The first-order chi connectivity index (χ1) is 8.52. The smallest absolute Gasteiger partial charge is 0.245 e. The van der Waals surface area contributed by atoms with Crippen LogP contribution in [0.15, 0.2) is 17.3 Å². The Morgan fingerprint density at radius 2 is 2.00 bits per heavy atom. The summed E-state index contributed by atoms with van der Waals surface area (Å²) in [6.07, 6.45) is 3.45. The van der Waals surface area contributed by atoms with Crippen molar-refractivity contribution in [1.82, 2.24) is 14.3 Å². The first kappa shape index (κ1) is 14.8. The van der Waals surface area contributed by atoms with Gasteiger partial charge in [-0.15, -0.1) is 0 Å². The molecular weight excluding hydrogens is 256 g/mol. The van der Waals surface area contributed by atoms with Gasteiger partial charge in [0.2, 0.25) is 16.0 Å². The number of rotatable bonds is 7. The Hall–Kier alpha value is -1.25. The second kappa shape index (κ2) is 6.62. The van der Waals surface area contributed by atoms with Crippen LogP contribution in [0.4, 0.5) is 5.95 Å². The van der Waals surface area contributed by atoms with Crippen molar-refractivity contribution in [2.45, 2.75) is 18.2 Å². The molecule has 0 fully saturated rings. The van der Waals surface area contributed by atoms with Crippen LogP contribution in [0.2, 0.25) is 0 Å². The van der Waals surface area contributed by atoms with Crippen LogP contribution in [-0.4, -0.2) is 54.5 Å². The highest BCUT2D eigenvalue weighted by Gasteiger charge is 2.20. The molecule has 8 heteroatoms. The number of nitrogens with one attached hydrogen (secondary N) is 1. The van der Waals surface area contributed by atoms with Crippen LogP contribution in [0.25, 0.3) is 0 Å². The van der Waals surface area contributed by atoms with E-state index in [1.54, 1.807) is 0 Å². The van der Waals surface area contributed by atoms with Gasteiger partial charge in [0.25, 0.3) is 0 Å². The summed E-state index contributed by atoms with van der Waals surface area (Å²) >= 11 is 0. The second-order valence-corrected chi connectivity index (χ2v) is 5.76. The number of hydrogen-bond acceptors (Lipinski definition) is 6. The summed E-state index contributed by atoms with van der Waals surface area (Å²) in [5.41, 5.74) is 0. The minimum absolute atomic E-state index is 0.0144. The third-order valence-electron chi connectivity index (χ3n) is 2.28. The maximum atomic E-state index is 12.0. The van der Waals surface area contributed by atoms with Crippen LogP contribution < -0.4 is 5.32 Å². The highest BCUT2D eigenvalue weighted by atomic mass is 32.2. The predicted molar refractivity (Wildman–Crippen MR) is 67.7 cm³/mol. The zero-order valence-electron chi connectivity index (χ0n) is 10.5. The molecule has 0 unspecified atom stereocenters. The summed E-state index contributed by atoms with van der Waals surface area (Å²) in [6, 6.07) is 0. The molecule has 1 rings (SSSR count). The van der Waals surface area contributed by atoms with E-state index < -0.39 is 10.0 Å². The van der Waals surface area contributed by atoms with E-state index in [2.05, 4.69) is 15.3 Å². The van der Waals surface area contributed by atoms with Gasteiger partial charge in [0.15, 0.2) is 0 Å². The molecule has 0 atom stereocenters. The molecule has 0 aliphatic heterocycles. The monoisotopic (exact) mass is 274 g/mol. The summed E-state index contributed by atoms with van der Waals surface area (Å²) in [6.45, 7) is 2.55. The van der Waals surface area contributed by atoms with E-state index in [9.17, 15) is 8.42 Å². The van der Waals surface area contributed by atoms with Crippen LogP contribution in [0, 0.1) is 0 Å². The molecule has 7 nitrogen and oxygen atoms in total. The second-order valence-electron chi connectivity index (χ2n) is 3.72. The lowest BCUT2D eigenvalue weighted by atomic mass is 10.5. The third kappa shape index (κ3) is 3.62. The van der Waals surface area contributed by atoms with E-state index in [-0.39, 0.29) is 18.0 Å². The quantitative estimate of drug-likeness (QED) is 0.721. The van der Waals surface area contributed by atoms with E-state index in [0.717, 1.165) is 17.3 Å². The molecule has 0 aliphatic rings. The molecule has 0 saturated heterocycles. The van der Waals surface area contributed by atoms with Gasteiger partial charge in [0, 0.05) is 20.1 Å². The average molecular weight is 274 g/mol. The minimum Gasteiger partial charge on any atom is -0.395 e. The number of likely N-dealkylation sites (N-methyl/N-ethyl adjacent to an activating group) is 1. The van der Waals surface area contributed by atoms with Crippen molar-refractivity contribution in [3.05, 3.63) is 12.4 Å². The van der Waals surface area contributed by atoms with Gasteiger partial charge in [0.05, 0.1) is 19.0 Å². The SMILES string of the molecule is CCCNc1ncc(S(=O)(=O)N(C)CCO)cn1. The number of nitrogens with zero attached hydrogens (tertiary/aromatic N) is 3. The number of anilines is 1. The highest BCUT2D eigenvalue weighted by molar-refractivity contribution is 7.89. The zero-order valence-corrected chi connectivity index (χ0v) is 11.3. The average Bonchev–Trinajstić information content (AvgIpc) is 2.37. The van der Waals surface area contributed by atoms with Gasteiger partial charge in [-0.25, -0.2) is 18.4 Å². The number of sulfonamides is 1. The van der Waals surface area contributed by atoms with E-state index in [0.29, 0.717) is 5.95 Å². The van der Waals surface area contributed by atoms with Crippen LogP contribution >= 0.6 is 0 Å². The Kier molecular flexibility index (Phi) is 5.45. The molecule has 0 saturated carbocycles. The summed E-state index contributed by atoms with van der Waals surface area (Å²) in [4.78, 5) is 7.88. The number of hydrogen-bond donors (Lipinski definition) is 2. The fraction of sp³-hybridized carbons (Fsp3) is 0.600. The molecule has 1 aromatic rings. The highest BCUT2D eigenvalue weighted by Crippen LogP contribution is 2.12. The standard InChI is InChI=1S/C10H18N4O3S/c1-3-4-11-10-12-7-9(8-13-10)18(16,17)14(2)5-6-15/h7-8,15H,3-6H2,1-2H3,(H,11,12,13). The van der Waals surface area contributed by atoms with E-state index in [1.165, 1.54) is 19.4 Å². The lowest BCUT2D eigenvalue weighted by molar-refractivity contribution is 0.266. The van der Waals surface area contributed by atoms with Crippen molar-refractivity contribution < 1.29 is 13.5 Å². The van der Waals surface area contributed by atoms with E-state index in [1.807, 2.05) is 6.92 Å². The van der Waals surface area contributed by atoms with Crippen molar-refractivity contribution in [1.29, 1.82) is 0 Å². The van der Waals surface area contributed by atoms with Crippen LogP contribution in [0.1, 0.15) is 13.3 Å². The van der Waals surface area contributed by atoms with Crippen LogP contribution in [0.5, 0.6) is 0 Å². The summed E-state index contributed by atoms with van der Waals surface area (Å²) in [5, 5.41) is 11.7. The van der Waals surface area contributed by atoms with Crippen LogP contribution in [-0.2, 0) is 10.0 Å². The Bertz CT molecular complexity index is 461. The lowest BCUT2D eigenvalue weighted by Crippen LogP contribution is -2.29. The maximum Gasteiger partial charge on any atom is 0.245 e. The number of aliphatic hydroxyl groups excluding tert-OH is 1. The van der Waals surface area contributed by atoms with Gasteiger partial charge in [-0.3, -0.25) is 0 Å². The number of aromatic nitrogens is 2. The van der Waals surface area contributed by atoms with Crippen molar-refractivity contribution >= 4 is 16.0 Å². The molecule has 1 heterocycles. The van der Waals surface area contributed by atoms with Gasteiger partial charge < -0.3 is 10.4 Å². The normalized spacial score (nSPS) is 11.8. The minimum atomic E-state index is -3.62. The lowest BCUT2D eigenvalue weighted by Gasteiger charge is -2.15. The Morgan fingerprint density at radius 1 is 1.39 bits per heavy atom. The summed E-state index contributed by atoms with van der Waals surface area (Å²) in [7, 11) is -2.22. The van der Waals surface area contributed by atoms with Gasteiger partial charge in [0.1, 0.15) is 4.90 Å². The molecule has 1 aromatic heterocycles. The van der Waals surface area contributed by atoms with Gasteiger partial charge in [-0.1, -0.05) is 6.92 Å². The Balaban J connectivity index is 2.84. The maximum absolute atomic E-state index is 12.0. The fourth-order valence-corrected chi connectivity index (χ4v) is 2.27. The third-order valence-corrected chi connectivity index (χ3v) is 4.09. The molecule has 102 valence electrons. The van der Waals surface area contributed by atoms with Gasteiger partial charge in [-0.05, 0) is 6.42 Å². The molecule has 0 aromatic carbocycles. The largest absolute Gasteiger partial charge is 0.395 e. The molecule has 0 bridgehead atoms. The van der Waals surface area contributed by atoms with E-state index >= 15 is 0 Å². The first-order valence-electron chi connectivity index (χ1n) is 5.65. The molecular formula is C10H18N4O3S. The zero-order chi connectivity index (χ0) is 13.6. The number of aliphatic hydroxyl groups is 1. The van der Waals surface area contributed by atoms with Crippen molar-refractivity contribution in [3.8, 4) is 0 Å². The van der Waals surface area contributed by atoms with Crippen LogP contribution in [0.3, 0.4) is 0 Å². The first-order valence-corrected chi connectivity index (χ1v) is 7.09. The molecule has 0 spiro atoms. The molecule has 0 aliphatic carbocycles. The topological polar surface area (TPSA) is 95.4 Å². The van der Waals surface area contributed by atoms with Crippen molar-refractivity contribution in [3.63, 3.8) is 0 Å². The fourth-order valence-electron chi connectivity index (χ4n) is 1.22. The summed E-state index contributed by atoms with van der Waals surface area (Å²) < 4.78 is 25.0. The molecule has 0 radical (unpaired) electrons. The Labute approximate surface area is 107 Å². The van der Waals surface area contributed by atoms with E-state index in [4.69, 9.17) is 5.11 Å². The molecule has 2 N–H and O–H groups in total. The molecule has 0 amide bonds. The van der Waals surface area contributed by atoms with Gasteiger partial charge in [-0.2, -0.15) is 4.31 Å². The van der Waals surface area contributed by atoms with Crippen molar-refractivity contribution in [2.24, 2.45) is 0 Å². The summed E-state index contributed by atoms with van der Waals surface area (Å²) in [5.74, 6) is 0.403.